The van der Waals surface area contributed by atoms with E-state index in [1.807, 2.05) is 13.8 Å². The highest BCUT2D eigenvalue weighted by Crippen LogP contribution is 2.39. The van der Waals surface area contributed by atoms with Crippen LogP contribution in [0.25, 0.3) is 0 Å². The Bertz CT molecular complexity index is 403. The zero-order valence-corrected chi connectivity index (χ0v) is 11.0. The maximum Gasteiger partial charge on any atom is 0.135 e. The molecule has 1 aromatic heterocycles. The molecule has 0 spiro atoms. The number of hydrogen-bond donors (Lipinski definition) is 2. The van der Waals surface area contributed by atoms with Crippen LogP contribution in [0.4, 0.5) is 5.82 Å². The molecule has 1 aromatic rings. The standard InChI is InChI=1S/C12H18ClN3O/c1-3-12(2,7-17)16-10-6-9(13)14-11(15-10)8-4-5-8/h6,8,17H,3-5,7H2,1-2H3,(H,14,15,16). The van der Waals surface area contributed by atoms with Gasteiger partial charge in [0.05, 0.1) is 12.1 Å². The molecule has 1 fully saturated rings. The lowest BCUT2D eigenvalue weighted by atomic mass is 10.0. The van der Waals surface area contributed by atoms with Crippen molar-refractivity contribution in [3.05, 3.63) is 17.0 Å². The van der Waals surface area contributed by atoms with Gasteiger partial charge < -0.3 is 10.4 Å². The summed E-state index contributed by atoms with van der Waals surface area (Å²) < 4.78 is 0. The summed E-state index contributed by atoms with van der Waals surface area (Å²) in [6.07, 6.45) is 3.10. The lowest BCUT2D eigenvalue weighted by molar-refractivity contribution is 0.218. The quantitative estimate of drug-likeness (QED) is 0.794. The first-order chi connectivity index (χ1) is 8.06. The third-order valence-electron chi connectivity index (χ3n) is 3.21. The van der Waals surface area contributed by atoms with Gasteiger partial charge in [0.15, 0.2) is 0 Å². The number of nitrogens with zero attached hydrogens (tertiary/aromatic N) is 2. The molecule has 0 radical (unpaired) electrons. The highest BCUT2D eigenvalue weighted by molar-refractivity contribution is 6.29. The van der Waals surface area contributed by atoms with Gasteiger partial charge in [-0.2, -0.15) is 0 Å². The van der Waals surface area contributed by atoms with E-state index in [-0.39, 0.29) is 12.1 Å². The van der Waals surface area contributed by atoms with Gasteiger partial charge in [-0.15, -0.1) is 0 Å². The maximum atomic E-state index is 9.37. The van der Waals surface area contributed by atoms with E-state index >= 15 is 0 Å². The van der Waals surface area contributed by atoms with Gasteiger partial charge in [-0.05, 0) is 26.2 Å². The summed E-state index contributed by atoms with van der Waals surface area (Å²) in [7, 11) is 0. The molecule has 2 rings (SSSR count). The molecule has 0 saturated heterocycles. The first kappa shape index (κ1) is 12.6. The van der Waals surface area contributed by atoms with E-state index < -0.39 is 0 Å². The lowest BCUT2D eigenvalue weighted by Gasteiger charge is -2.28. The van der Waals surface area contributed by atoms with E-state index in [9.17, 15) is 5.11 Å². The Hall–Kier alpha value is -0.870. The number of rotatable bonds is 5. The summed E-state index contributed by atoms with van der Waals surface area (Å²) in [5.41, 5.74) is -0.363. The van der Waals surface area contributed by atoms with Gasteiger partial charge in [0.25, 0.3) is 0 Å². The molecule has 94 valence electrons. The van der Waals surface area contributed by atoms with Gasteiger partial charge >= 0.3 is 0 Å². The lowest BCUT2D eigenvalue weighted by Crippen LogP contribution is -2.38. The van der Waals surface area contributed by atoms with Crippen LogP contribution >= 0.6 is 11.6 Å². The predicted molar refractivity (Wildman–Crippen MR) is 68.4 cm³/mol. The van der Waals surface area contributed by atoms with Crippen molar-refractivity contribution in [2.24, 2.45) is 0 Å². The number of aromatic nitrogens is 2. The molecule has 5 heteroatoms. The number of aliphatic hydroxyl groups excluding tert-OH is 1. The Labute approximate surface area is 106 Å². The average molecular weight is 256 g/mol. The predicted octanol–water partition coefficient (Wildman–Crippen LogP) is 2.58. The minimum atomic E-state index is -0.363. The van der Waals surface area contributed by atoms with Crippen LogP contribution in [0, 0.1) is 0 Å². The fourth-order valence-corrected chi connectivity index (χ4v) is 1.76. The molecule has 4 nitrogen and oxygen atoms in total. The molecule has 1 aliphatic rings. The largest absolute Gasteiger partial charge is 0.394 e. The van der Waals surface area contributed by atoms with Crippen molar-refractivity contribution in [1.82, 2.24) is 9.97 Å². The second-order valence-corrected chi connectivity index (χ2v) is 5.29. The minimum Gasteiger partial charge on any atom is -0.394 e. The molecule has 1 atom stereocenters. The molecular formula is C12H18ClN3O. The zero-order valence-electron chi connectivity index (χ0n) is 10.2. The molecule has 1 aliphatic carbocycles. The van der Waals surface area contributed by atoms with Crippen molar-refractivity contribution < 1.29 is 5.11 Å². The van der Waals surface area contributed by atoms with Crippen LogP contribution in [0.1, 0.15) is 44.9 Å². The fourth-order valence-electron chi connectivity index (χ4n) is 1.57. The molecular weight excluding hydrogens is 238 g/mol. The second-order valence-electron chi connectivity index (χ2n) is 4.91. The Morgan fingerprint density at radius 3 is 2.76 bits per heavy atom. The molecule has 2 N–H and O–H groups in total. The third-order valence-corrected chi connectivity index (χ3v) is 3.41. The first-order valence-corrected chi connectivity index (χ1v) is 6.37. The molecule has 0 bridgehead atoms. The molecule has 0 aromatic carbocycles. The maximum absolute atomic E-state index is 9.37. The van der Waals surface area contributed by atoms with E-state index in [1.54, 1.807) is 6.07 Å². The summed E-state index contributed by atoms with van der Waals surface area (Å²) in [5, 5.41) is 13.1. The molecule has 0 amide bonds. The number of hydrogen-bond acceptors (Lipinski definition) is 4. The van der Waals surface area contributed by atoms with Crippen LogP contribution in [0.5, 0.6) is 0 Å². The van der Waals surface area contributed by atoms with Gasteiger partial charge in [-0.3, -0.25) is 0 Å². The number of aliphatic hydroxyl groups is 1. The average Bonchev–Trinajstić information content (AvgIpc) is 3.12. The molecule has 17 heavy (non-hydrogen) atoms. The van der Waals surface area contributed by atoms with Crippen molar-refractivity contribution >= 4 is 17.4 Å². The van der Waals surface area contributed by atoms with Crippen LogP contribution in [0.15, 0.2) is 6.07 Å². The molecule has 1 unspecified atom stereocenters. The van der Waals surface area contributed by atoms with Crippen molar-refractivity contribution in [2.45, 2.75) is 44.6 Å². The number of nitrogens with one attached hydrogen (secondary N) is 1. The summed E-state index contributed by atoms with van der Waals surface area (Å²) >= 11 is 5.98. The SMILES string of the molecule is CCC(C)(CO)Nc1cc(Cl)nc(C2CC2)n1. The number of anilines is 1. The smallest absolute Gasteiger partial charge is 0.135 e. The van der Waals surface area contributed by atoms with Gasteiger partial charge in [-0.1, -0.05) is 18.5 Å². The van der Waals surface area contributed by atoms with Crippen LogP contribution in [-0.2, 0) is 0 Å². The number of halogens is 1. The van der Waals surface area contributed by atoms with Crippen molar-refractivity contribution in [1.29, 1.82) is 0 Å². The highest BCUT2D eigenvalue weighted by atomic mass is 35.5. The van der Waals surface area contributed by atoms with E-state index in [1.165, 1.54) is 0 Å². The zero-order chi connectivity index (χ0) is 12.5. The topological polar surface area (TPSA) is 58.0 Å². The van der Waals surface area contributed by atoms with Gasteiger partial charge in [0, 0.05) is 12.0 Å². The molecule has 1 saturated carbocycles. The van der Waals surface area contributed by atoms with E-state index in [0.717, 1.165) is 25.1 Å². The van der Waals surface area contributed by atoms with Gasteiger partial charge in [0.1, 0.15) is 16.8 Å². The normalized spacial score (nSPS) is 18.8. The van der Waals surface area contributed by atoms with Crippen molar-refractivity contribution in [3.63, 3.8) is 0 Å². The first-order valence-electron chi connectivity index (χ1n) is 6.00. The third kappa shape index (κ3) is 3.07. The van der Waals surface area contributed by atoms with Crippen LogP contribution < -0.4 is 5.32 Å². The van der Waals surface area contributed by atoms with Gasteiger partial charge in [-0.25, -0.2) is 9.97 Å². The molecule has 0 aliphatic heterocycles. The van der Waals surface area contributed by atoms with Crippen molar-refractivity contribution in [3.8, 4) is 0 Å². The van der Waals surface area contributed by atoms with Crippen LogP contribution in [0.2, 0.25) is 5.15 Å². The summed E-state index contributed by atoms with van der Waals surface area (Å²) in [6, 6.07) is 1.71. The Balaban J connectivity index is 2.20. The second kappa shape index (κ2) is 4.78. The Kier molecular flexibility index (Phi) is 3.54. The monoisotopic (exact) mass is 255 g/mol. The molecule has 1 heterocycles. The van der Waals surface area contributed by atoms with E-state index in [2.05, 4.69) is 15.3 Å². The van der Waals surface area contributed by atoms with E-state index in [0.29, 0.717) is 16.9 Å². The minimum absolute atomic E-state index is 0.0594. The van der Waals surface area contributed by atoms with Crippen LogP contribution in [-0.4, -0.2) is 27.2 Å². The Morgan fingerprint density at radius 2 is 2.24 bits per heavy atom. The summed E-state index contributed by atoms with van der Waals surface area (Å²) in [4.78, 5) is 8.69. The summed E-state index contributed by atoms with van der Waals surface area (Å²) in [5.74, 6) is 1.98. The van der Waals surface area contributed by atoms with Gasteiger partial charge in [0.2, 0.25) is 0 Å². The highest BCUT2D eigenvalue weighted by Gasteiger charge is 2.28. The van der Waals surface area contributed by atoms with Crippen molar-refractivity contribution in [2.75, 3.05) is 11.9 Å². The fraction of sp³-hybridized carbons (Fsp3) is 0.667. The Morgan fingerprint density at radius 1 is 1.53 bits per heavy atom. The summed E-state index contributed by atoms with van der Waals surface area (Å²) in [6.45, 7) is 4.04. The van der Waals surface area contributed by atoms with E-state index in [4.69, 9.17) is 11.6 Å². The van der Waals surface area contributed by atoms with Crippen LogP contribution in [0.3, 0.4) is 0 Å².